The molecule has 1 fully saturated rings. The summed E-state index contributed by atoms with van der Waals surface area (Å²) in [5.41, 5.74) is 3.66. The lowest BCUT2D eigenvalue weighted by atomic mass is 9.98. The van der Waals surface area contributed by atoms with Crippen LogP contribution in [0.3, 0.4) is 0 Å². The Bertz CT molecular complexity index is 3510. The van der Waals surface area contributed by atoms with Crippen molar-refractivity contribution in [2.45, 2.75) is 68.3 Å². The number of aliphatic carboxylic acids is 1. The van der Waals surface area contributed by atoms with E-state index in [1.54, 1.807) is 48.8 Å². The highest BCUT2D eigenvalue weighted by Gasteiger charge is 2.48. The SMILES string of the molecule is COc1ncc(-c2ccc3nccc(-c4ccc(COC(=O)OCCSSCC(NC(=O)CCC(=O)NCc5cc(C(=O)N[C@@H](C)C(=O)N6CC(F)(F)C[C@H]6C#N)ccn5)C(=O)O)nc4)c3c2)cc1NS(=O)(=O)c1ccc(F)cc1F. The minimum absolute atomic E-state index is 0.0419. The van der Waals surface area contributed by atoms with Crippen molar-refractivity contribution in [2.24, 2.45) is 0 Å². The first-order valence-corrected chi connectivity index (χ1v) is 28.1. The molecule has 0 aliphatic carbocycles. The number of aromatic nitrogens is 4. The molecule has 2 aromatic carbocycles. The predicted molar refractivity (Wildman–Crippen MR) is 285 cm³/mol. The molecular formula is C52H48F4N10O12S3. The molecule has 4 amide bonds. The van der Waals surface area contributed by atoms with Gasteiger partial charge in [0, 0.05) is 83.7 Å². The predicted octanol–water partition coefficient (Wildman–Crippen LogP) is 6.42. The van der Waals surface area contributed by atoms with Crippen molar-refractivity contribution >= 4 is 84.0 Å². The van der Waals surface area contributed by atoms with E-state index < -0.39 is 99.3 Å². The fourth-order valence-corrected chi connectivity index (χ4v) is 11.0. The average molecular weight is 1180 g/mol. The summed E-state index contributed by atoms with van der Waals surface area (Å²) in [6, 6.07) is 14.5. The highest BCUT2D eigenvalue weighted by Crippen LogP contribution is 2.35. The summed E-state index contributed by atoms with van der Waals surface area (Å²) < 4.78 is 99.8. The van der Waals surface area contributed by atoms with Crippen molar-refractivity contribution in [1.29, 1.82) is 5.26 Å². The van der Waals surface area contributed by atoms with Gasteiger partial charge in [-0.25, -0.2) is 40.6 Å². The summed E-state index contributed by atoms with van der Waals surface area (Å²) in [7, 11) is -0.986. The van der Waals surface area contributed by atoms with E-state index in [1.165, 1.54) is 55.4 Å². The lowest BCUT2D eigenvalue weighted by molar-refractivity contribution is -0.141. The number of nitrogens with one attached hydrogen (secondary N) is 4. The lowest BCUT2D eigenvalue weighted by Gasteiger charge is -2.23. The molecule has 0 spiro atoms. The summed E-state index contributed by atoms with van der Waals surface area (Å²) in [4.78, 5) is 92.1. The quantitative estimate of drug-likeness (QED) is 0.0189. The van der Waals surface area contributed by atoms with Gasteiger partial charge in [-0.05, 0) is 72.6 Å². The number of carboxylic acids is 1. The summed E-state index contributed by atoms with van der Waals surface area (Å²) in [5, 5.41) is 26.9. The first-order valence-electron chi connectivity index (χ1n) is 24.2. The first-order chi connectivity index (χ1) is 38.6. The first kappa shape index (κ1) is 60.0. The minimum atomic E-state index is -4.53. The molecule has 5 heterocycles. The topological polar surface area (TPSA) is 311 Å². The summed E-state index contributed by atoms with van der Waals surface area (Å²) in [6.45, 7) is -0.134. The number of methoxy groups -OCH3 is 1. The fourth-order valence-electron chi connectivity index (χ4n) is 7.91. The van der Waals surface area contributed by atoms with Crippen LogP contribution >= 0.6 is 21.6 Å². The Kier molecular flexibility index (Phi) is 20.0. The maximum Gasteiger partial charge on any atom is 0.508 e. The molecule has 1 unspecified atom stereocenters. The Morgan fingerprint density at radius 1 is 0.864 bits per heavy atom. The molecule has 0 bridgehead atoms. The number of halogens is 4. The Labute approximate surface area is 467 Å². The zero-order valence-corrected chi connectivity index (χ0v) is 45.1. The summed E-state index contributed by atoms with van der Waals surface area (Å²) in [5.74, 6) is -9.60. The molecule has 1 aliphatic heterocycles. The monoisotopic (exact) mass is 1180 g/mol. The van der Waals surface area contributed by atoms with Crippen LogP contribution in [0.5, 0.6) is 5.88 Å². The molecule has 1 aliphatic rings. The van der Waals surface area contributed by atoms with Crippen molar-refractivity contribution in [3.63, 3.8) is 0 Å². The Hall–Kier alpha value is -8.62. The van der Waals surface area contributed by atoms with Gasteiger partial charge in [-0.15, -0.1) is 0 Å². The number of carbonyl (C=O) groups excluding carboxylic acids is 5. The number of alkyl halides is 2. The van der Waals surface area contributed by atoms with Gasteiger partial charge in [0.2, 0.25) is 23.6 Å². The van der Waals surface area contributed by atoms with E-state index in [0.29, 0.717) is 39.4 Å². The molecule has 424 valence electrons. The number of anilines is 1. The van der Waals surface area contributed by atoms with Crippen LogP contribution in [0.15, 0.2) is 102 Å². The third kappa shape index (κ3) is 16.3. The number of rotatable bonds is 24. The second-order valence-corrected chi connectivity index (χ2v) is 22.0. The molecule has 22 nitrogen and oxygen atoms in total. The number of nitriles is 1. The van der Waals surface area contributed by atoms with Gasteiger partial charge in [-0.2, -0.15) is 5.26 Å². The summed E-state index contributed by atoms with van der Waals surface area (Å²) >= 11 is 0. The largest absolute Gasteiger partial charge is 0.508 e. The zero-order valence-electron chi connectivity index (χ0n) is 42.7. The molecule has 4 aromatic heterocycles. The van der Waals surface area contributed by atoms with Crippen LogP contribution in [-0.4, -0.2) is 130 Å². The van der Waals surface area contributed by atoms with Crippen LogP contribution in [0.1, 0.15) is 47.9 Å². The number of ether oxygens (including phenoxy) is 3. The normalized spacial score (nSPS) is 14.4. The maximum atomic E-state index is 14.5. The zero-order chi connectivity index (χ0) is 58.4. The van der Waals surface area contributed by atoms with Gasteiger partial charge in [-0.3, -0.25) is 38.9 Å². The number of fused-ring (bicyclic) bond motifs is 1. The number of likely N-dealkylation sites (tertiary alicyclic amines) is 1. The van der Waals surface area contributed by atoms with Crippen LogP contribution in [0, 0.1) is 23.0 Å². The van der Waals surface area contributed by atoms with Crippen LogP contribution in [0.25, 0.3) is 33.2 Å². The average Bonchev–Trinajstić information content (AvgIpc) is 3.87. The third-order valence-electron chi connectivity index (χ3n) is 11.9. The van der Waals surface area contributed by atoms with Crippen molar-refractivity contribution in [3.8, 4) is 34.2 Å². The molecule has 6 aromatic rings. The third-order valence-corrected chi connectivity index (χ3v) is 15.7. The molecule has 7 rings (SSSR count). The molecule has 3 atom stereocenters. The Morgan fingerprint density at radius 3 is 2.35 bits per heavy atom. The van der Waals surface area contributed by atoms with Crippen LogP contribution in [-0.2, 0) is 51.8 Å². The number of carboxylic acid groups (broad SMARTS) is 1. The smallest absolute Gasteiger partial charge is 0.480 e. The van der Waals surface area contributed by atoms with Gasteiger partial charge in [0.25, 0.3) is 21.9 Å². The minimum Gasteiger partial charge on any atom is -0.480 e. The number of sulfonamides is 1. The van der Waals surface area contributed by atoms with Crippen LogP contribution in [0.2, 0.25) is 0 Å². The van der Waals surface area contributed by atoms with Crippen molar-refractivity contribution < 1.29 is 74.1 Å². The van der Waals surface area contributed by atoms with E-state index >= 15 is 0 Å². The van der Waals surface area contributed by atoms with Crippen molar-refractivity contribution in [3.05, 3.63) is 126 Å². The van der Waals surface area contributed by atoms with Crippen molar-refractivity contribution in [1.82, 2.24) is 40.8 Å². The summed E-state index contributed by atoms with van der Waals surface area (Å²) in [6.07, 6.45) is 3.46. The molecule has 0 radical (unpaired) electrons. The Balaban J connectivity index is 0.803. The molecule has 29 heteroatoms. The number of carbonyl (C=O) groups is 6. The molecule has 0 saturated carbocycles. The number of amides is 4. The number of benzene rings is 2. The molecular weight excluding hydrogens is 1130 g/mol. The standard InChI is InChI=1S/C52H48F4N10O12S3/c1-29(49(70)66-28-52(55,56)21-37(66)22-57)63-47(69)31-11-13-58-36(17-31)25-61-45(67)9-10-46(68)64-43(50(71)72)27-80-79-16-15-77-51(73)78-26-35-6-3-32(23-60-35)38-12-14-59-41-7-4-30(18-39(38)41)33-19-42(48(76-2)62-24-33)65-81(74,75)44-8-5-34(53)20-40(44)54/h3-8,11-14,17-20,23-24,29,37,43,65H,9-10,15-16,21,25-28H2,1-2H3,(H,61,67)(H,63,69)(H,64,68)(H,71,72)/t29-,37-,43?/m0/s1. The van der Waals surface area contributed by atoms with Gasteiger partial charge < -0.3 is 40.2 Å². The Morgan fingerprint density at radius 2 is 1.62 bits per heavy atom. The van der Waals surface area contributed by atoms with Gasteiger partial charge in [0.05, 0.1) is 43.2 Å². The number of hydrogen-bond acceptors (Lipinski definition) is 18. The van der Waals surface area contributed by atoms with E-state index in [2.05, 4.69) is 40.6 Å². The van der Waals surface area contributed by atoms with Gasteiger partial charge in [-0.1, -0.05) is 33.7 Å². The van der Waals surface area contributed by atoms with E-state index in [0.717, 1.165) is 33.4 Å². The van der Waals surface area contributed by atoms with Gasteiger partial charge in [0.15, 0.2) is 0 Å². The van der Waals surface area contributed by atoms with E-state index in [9.17, 15) is 65.1 Å². The molecule has 81 heavy (non-hydrogen) atoms. The van der Waals surface area contributed by atoms with E-state index in [4.69, 9.17) is 14.2 Å². The second kappa shape index (κ2) is 27.0. The maximum absolute atomic E-state index is 14.5. The second-order valence-electron chi connectivity index (χ2n) is 17.7. The molecule has 1 saturated heterocycles. The molecule has 5 N–H and O–H groups in total. The highest BCUT2D eigenvalue weighted by atomic mass is 33.1. The highest BCUT2D eigenvalue weighted by molar-refractivity contribution is 8.76. The van der Waals surface area contributed by atoms with Gasteiger partial charge >= 0.3 is 12.1 Å². The lowest BCUT2D eigenvalue weighted by Crippen LogP contribution is -2.48. The number of hydrogen-bond donors (Lipinski definition) is 5. The van der Waals surface area contributed by atoms with Crippen molar-refractivity contribution in [2.75, 3.05) is 36.5 Å². The van der Waals surface area contributed by atoms with Gasteiger partial charge in [0.1, 0.15) is 53.6 Å². The number of pyridine rings is 4. The van der Waals surface area contributed by atoms with E-state index in [-0.39, 0.29) is 66.9 Å². The van der Waals surface area contributed by atoms with E-state index in [1.807, 2.05) is 6.07 Å². The van der Waals surface area contributed by atoms with Crippen LogP contribution < -0.4 is 25.4 Å². The van der Waals surface area contributed by atoms with Crippen LogP contribution in [0.4, 0.5) is 28.0 Å². The fraction of sp³-hybridized carbons (Fsp3) is 0.288. The number of nitrogens with zero attached hydrogens (tertiary/aromatic N) is 6.